The van der Waals surface area contributed by atoms with Gasteiger partial charge in [0.1, 0.15) is 24.0 Å². The van der Waals surface area contributed by atoms with Crippen molar-refractivity contribution in [2.45, 2.75) is 12.2 Å². The summed E-state index contributed by atoms with van der Waals surface area (Å²) in [7, 11) is 3.05. The molecule has 4 atom stereocenters. The lowest BCUT2D eigenvalue weighted by atomic mass is 9.84. The van der Waals surface area contributed by atoms with E-state index in [1.54, 1.807) is 36.4 Å². The van der Waals surface area contributed by atoms with Crippen LogP contribution >= 0.6 is 0 Å². The smallest absolute Gasteiger partial charge is 0.314 e. The molecular formula is C21H18O8. The first-order valence-electron chi connectivity index (χ1n) is 9.13. The zero-order valence-corrected chi connectivity index (χ0v) is 15.7. The van der Waals surface area contributed by atoms with Crippen molar-refractivity contribution in [1.29, 1.82) is 0 Å². The van der Waals surface area contributed by atoms with Crippen LogP contribution in [0.25, 0.3) is 0 Å². The van der Waals surface area contributed by atoms with Gasteiger partial charge in [-0.05, 0) is 35.4 Å². The highest BCUT2D eigenvalue weighted by Crippen LogP contribution is 2.53. The van der Waals surface area contributed by atoms with Gasteiger partial charge in [0.15, 0.2) is 23.0 Å². The molecule has 8 nitrogen and oxygen atoms in total. The molecule has 0 radical (unpaired) electrons. The van der Waals surface area contributed by atoms with Gasteiger partial charge in [0, 0.05) is 0 Å². The van der Waals surface area contributed by atoms with E-state index in [9.17, 15) is 9.59 Å². The Morgan fingerprint density at radius 2 is 1.34 bits per heavy atom. The fraction of sp³-hybridized carbons (Fsp3) is 0.333. The van der Waals surface area contributed by atoms with Gasteiger partial charge < -0.3 is 28.4 Å². The van der Waals surface area contributed by atoms with Crippen LogP contribution < -0.4 is 18.9 Å². The van der Waals surface area contributed by atoms with E-state index in [0.29, 0.717) is 34.1 Å². The maximum Gasteiger partial charge on any atom is 0.314 e. The molecule has 150 valence electrons. The van der Waals surface area contributed by atoms with Crippen molar-refractivity contribution in [2.75, 3.05) is 21.0 Å². The predicted octanol–water partition coefficient (Wildman–Crippen LogP) is 2.56. The Morgan fingerprint density at radius 3 is 2.00 bits per heavy atom. The van der Waals surface area contributed by atoms with Gasteiger partial charge in [-0.2, -0.15) is 0 Å². The van der Waals surface area contributed by atoms with Crippen molar-refractivity contribution < 1.29 is 38.0 Å². The van der Waals surface area contributed by atoms with Gasteiger partial charge in [0.25, 0.3) is 0 Å². The number of hydrogen-bond donors (Lipinski definition) is 0. The average Bonchev–Trinajstić information content (AvgIpc) is 3.43. The summed E-state index contributed by atoms with van der Waals surface area (Å²) in [4.78, 5) is 25.4. The van der Waals surface area contributed by atoms with Crippen LogP contribution in [0.1, 0.15) is 23.3 Å². The van der Waals surface area contributed by atoms with Gasteiger partial charge in [0.2, 0.25) is 6.79 Å². The van der Waals surface area contributed by atoms with Crippen molar-refractivity contribution in [2.24, 2.45) is 11.8 Å². The summed E-state index contributed by atoms with van der Waals surface area (Å²) in [6, 6.07) is 10.4. The van der Waals surface area contributed by atoms with Crippen molar-refractivity contribution in [3.8, 4) is 23.0 Å². The van der Waals surface area contributed by atoms with Crippen LogP contribution in [0.2, 0.25) is 0 Å². The molecule has 2 saturated heterocycles. The molecule has 2 aromatic carbocycles. The summed E-state index contributed by atoms with van der Waals surface area (Å²) < 4.78 is 32.5. The lowest BCUT2D eigenvalue weighted by Gasteiger charge is -2.16. The normalized spacial score (nSPS) is 26.7. The van der Waals surface area contributed by atoms with E-state index >= 15 is 0 Å². The van der Waals surface area contributed by atoms with Crippen LogP contribution in [0, 0.1) is 11.8 Å². The second-order valence-corrected chi connectivity index (χ2v) is 6.99. The van der Waals surface area contributed by atoms with Crippen LogP contribution in [0.5, 0.6) is 23.0 Å². The molecule has 29 heavy (non-hydrogen) atoms. The summed E-state index contributed by atoms with van der Waals surface area (Å²) in [6.07, 6.45) is -1.49. The molecule has 0 spiro atoms. The van der Waals surface area contributed by atoms with Gasteiger partial charge in [-0.3, -0.25) is 9.59 Å². The molecule has 0 N–H and O–H groups in total. The third kappa shape index (κ3) is 2.66. The predicted molar refractivity (Wildman–Crippen MR) is 96.8 cm³/mol. The van der Waals surface area contributed by atoms with E-state index in [0.717, 1.165) is 0 Å². The maximum absolute atomic E-state index is 12.7. The van der Waals surface area contributed by atoms with Crippen molar-refractivity contribution >= 4 is 11.9 Å². The molecule has 0 aliphatic carbocycles. The molecule has 0 bridgehead atoms. The topological polar surface area (TPSA) is 89.5 Å². The monoisotopic (exact) mass is 398 g/mol. The number of ether oxygens (including phenoxy) is 6. The van der Waals surface area contributed by atoms with Crippen molar-refractivity contribution in [1.82, 2.24) is 0 Å². The number of carbonyl (C=O) groups is 2. The van der Waals surface area contributed by atoms with Crippen LogP contribution in [-0.4, -0.2) is 33.0 Å². The number of esters is 2. The molecule has 3 heterocycles. The molecule has 2 fully saturated rings. The Hall–Kier alpha value is -3.42. The minimum absolute atomic E-state index is 0.138. The number of hydrogen-bond acceptors (Lipinski definition) is 8. The van der Waals surface area contributed by atoms with E-state index in [2.05, 4.69) is 0 Å². The average molecular weight is 398 g/mol. The summed E-state index contributed by atoms with van der Waals surface area (Å²) >= 11 is 0. The Balaban J connectivity index is 1.48. The standard InChI is InChI=1S/C21H18O8/c1-24-12-5-3-10(7-14(12)25-2)18-16-17(21(23)28-18)19(29-20(16)22)11-4-6-13-15(8-11)27-9-26-13/h3-8,16-19H,9H2,1-2H3/t16-,17-,18-,19-/m0/s1. The third-order valence-corrected chi connectivity index (χ3v) is 5.53. The zero-order valence-electron chi connectivity index (χ0n) is 15.7. The zero-order chi connectivity index (χ0) is 20.1. The molecule has 8 heteroatoms. The highest BCUT2D eigenvalue weighted by atomic mass is 16.7. The van der Waals surface area contributed by atoms with E-state index in [1.165, 1.54) is 14.2 Å². The summed E-state index contributed by atoms with van der Waals surface area (Å²) in [5.41, 5.74) is 1.31. The second kappa shape index (κ2) is 6.58. The number of benzene rings is 2. The molecule has 0 aromatic heterocycles. The summed E-state index contributed by atoms with van der Waals surface area (Å²) in [5.74, 6) is -0.201. The molecule has 5 rings (SSSR count). The number of cyclic esters (lactones) is 2. The van der Waals surface area contributed by atoms with Crippen LogP contribution in [-0.2, 0) is 19.1 Å². The lowest BCUT2D eigenvalue weighted by molar-refractivity contribution is -0.154. The Bertz CT molecular complexity index is 998. The Morgan fingerprint density at radius 1 is 0.759 bits per heavy atom. The van der Waals surface area contributed by atoms with Gasteiger partial charge in [-0.1, -0.05) is 12.1 Å². The van der Waals surface area contributed by atoms with Crippen LogP contribution in [0.3, 0.4) is 0 Å². The maximum atomic E-state index is 12.7. The molecule has 2 aromatic rings. The minimum atomic E-state index is -0.751. The highest BCUT2D eigenvalue weighted by molar-refractivity contribution is 5.89. The lowest BCUT2D eigenvalue weighted by Crippen LogP contribution is -2.19. The van der Waals surface area contributed by atoms with E-state index in [4.69, 9.17) is 28.4 Å². The molecule has 0 amide bonds. The quantitative estimate of drug-likeness (QED) is 0.726. The Kier molecular flexibility index (Phi) is 4.01. The Labute approximate surface area is 166 Å². The largest absolute Gasteiger partial charge is 0.493 e. The van der Waals surface area contributed by atoms with E-state index in [1.807, 2.05) is 0 Å². The number of methoxy groups -OCH3 is 2. The number of rotatable bonds is 4. The van der Waals surface area contributed by atoms with Gasteiger partial charge in [0.05, 0.1) is 14.2 Å². The summed E-state index contributed by atoms with van der Waals surface area (Å²) in [6.45, 7) is 0.138. The van der Waals surface area contributed by atoms with E-state index in [-0.39, 0.29) is 6.79 Å². The van der Waals surface area contributed by atoms with Gasteiger partial charge in [-0.25, -0.2) is 0 Å². The molecular weight excluding hydrogens is 380 g/mol. The van der Waals surface area contributed by atoms with Gasteiger partial charge in [-0.15, -0.1) is 0 Å². The molecule has 3 aliphatic heterocycles. The highest BCUT2D eigenvalue weighted by Gasteiger charge is 2.60. The third-order valence-electron chi connectivity index (χ3n) is 5.53. The van der Waals surface area contributed by atoms with Gasteiger partial charge >= 0.3 is 11.9 Å². The first-order valence-corrected chi connectivity index (χ1v) is 9.13. The first-order chi connectivity index (χ1) is 14.1. The SMILES string of the molecule is COc1ccc([C@@H]2OC(=O)[C@H]3[C@@H]2C(=O)O[C@H]3c2ccc3c(c2)OCO3)cc1OC. The van der Waals surface area contributed by atoms with E-state index < -0.39 is 36.0 Å². The number of carbonyl (C=O) groups excluding carboxylic acids is 2. The fourth-order valence-electron chi connectivity index (χ4n) is 4.14. The second-order valence-electron chi connectivity index (χ2n) is 6.99. The van der Waals surface area contributed by atoms with Crippen molar-refractivity contribution in [3.05, 3.63) is 47.5 Å². The minimum Gasteiger partial charge on any atom is -0.493 e. The molecule has 0 unspecified atom stereocenters. The van der Waals surface area contributed by atoms with Crippen molar-refractivity contribution in [3.63, 3.8) is 0 Å². The molecule has 0 saturated carbocycles. The van der Waals surface area contributed by atoms with Crippen LogP contribution in [0.15, 0.2) is 36.4 Å². The first kappa shape index (κ1) is 17.7. The summed E-state index contributed by atoms with van der Waals surface area (Å²) in [5, 5.41) is 0. The number of fused-ring (bicyclic) bond motifs is 2. The molecule has 3 aliphatic rings. The van der Waals surface area contributed by atoms with Crippen LogP contribution in [0.4, 0.5) is 0 Å². The fourth-order valence-corrected chi connectivity index (χ4v) is 4.14.